The zero-order chi connectivity index (χ0) is 19.9. The van der Waals surface area contributed by atoms with E-state index in [0.29, 0.717) is 5.06 Å². The van der Waals surface area contributed by atoms with Crippen molar-refractivity contribution in [3.05, 3.63) is 58.3 Å². The first-order valence-corrected chi connectivity index (χ1v) is 9.48. The predicted molar refractivity (Wildman–Crippen MR) is 98.8 cm³/mol. The fourth-order valence-electron chi connectivity index (χ4n) is 2.54. The number of benzene rings is 1. The van der Waals surface area contributed by atoms with E-state index in [-0.39, 0.29) is 25.9 Å². The molecule has 1 fully saturated rings. The van der Waals surface area contributed by atoms with Crippen molar-refractivity contribution in [1.82, 2.24) is 10.4 Å². The van der Waals surface area contributed by atoms with Gasteiger partial charge < -0.3 is 14.9 Å². The van der Waals surface area contributed by atoms with Crippen molar-refractivity contribution in [3.8, 4) is 0 Å². The molecule has 3 amide bonds. The SMILES string of the molecule is O=C(NC(Cc1cccs1)C(=O)ON1C(=O)CCC1=O)OCc1ccccc1. The molecule has 2 aromatic rings. The van der Waals surface area contributed by atoms with Crippen LogP contribution in [0.1, 0.15) is 23.3 Å². The Morgan fingerprint density at radius 1 is 1.07 bits per heavy atom. The van der Waals surface area contributed by atoms with E-state index >= 15 is 0 Å². The van der Waals surface area contributed by atoms with Gasteiger partial charge in [0.25, 0.3) is 11.8 Å². The number of amides is 3. The lowest BCUT2D eigenvalue weighted by molar-refractivity contribution is -0.198. The molecule has 28 heavy (non-hydrogen) atoms. The molecule has 0 spiro atoms. The van der Waals surface area contributed by atoms with Gasteiger partial charge >= 0.3 is 12.1 Å². The Hall–Kier alpha value is -3.20. The van der Waals surface area contributed by atoms with E-state index in [4.69, 9.17) is 9.57 Å². The highest BCUT2D eigenvalue weighted by atomic mass is 32.1. The lowest BCUT2D eigenvalue weighted by Crippen LogP contribution is -2.46. The highest BCUT2D eigenvalue weighted by Crippen LogP contribution is 2.16. The van der Waals surface area contributed by atoms with Crippen molar-refractivity contribution in [2.45, 2.75) is 31.9 Å². The molecular weight excluding hydrogens is 384 g/mol. The monoisotopic (exact) mass is 402 g/mol. The van der Waals surface area contributed by atoms with Crippen LogP contribution in [0.3, 0.4) is 0 Å². The molecular formula is C19H18N2O6S. The summed E-state index contributed by atoms with van der Waals surface area (Å²) in [6, 6.07) is 11.6. The Morgan fingerprint density at radius 2 is 1.79 bits per heavy atom. The molecule has 1 aliphatic heterocycles. The van der Waals surface area contributed by atoms with Crippen LogP contribution in [0, 0.1) is 0 Å². The highest BCUT2D eigenvalue weighted by Gasteiger charge is 2.35. The minimum absolute atomic E-state index is 0.00570. The van der Waals surface area contributed by atoms with Gasteiger partial charge in [-0.05, 0) is 17.0 Å². The van der Waals surface area contributed by atoms with E-state index in [2.05, 4.69) is 5.32 Å². The van der Waals surface area contributed by atoms with E-state index < -0.39 is 29.9 Å². The first kappa shape index (κ1) is 19.6. The Kier molecular flexibility index (Phi) is 6.38. The number of carbonyl (C=O) groups excluding carboxylic acids is 4. The highest BCUT2D eigenvalue weighted by molar-refractivity contribution is 7.09. The van der Waals surface area contributed by atoms with Crippen molar-refractivity contribution in [1.29, 1.82) is 0 Å². The molecule has 3 rings (SSSR count). The summed E-state index contributed by atoms with van der Waals surface area (Å²) >= 11 is 1.40. The average molecular weight is 402 g/mol. The number of thiophene rings is 1. The number of nitrogens with one attached hydrogen (secondary N) is 1. The molecule has 1 N–H and O–H groups in total. The van der Waals surface area contributed by atoms with Gasteiger partial charge in [-0.1, -0.05) is 36.4 Å². The smallest absolute Gasteiger partial charge is 0.408 e. The molecule has 0 saturated carbocycles. The van der Waals surface area contributed by atoms with Crippen molar-refractivity contribution < 1.29 is 28.8 Å². The van der Waals surface area contributed by atoms with Crippen molar-refractivity contribution in [2.24, 2.45) is 0 Å². The van der Waals surface area contributed by atoms with E-state index in [1.807, 2.05) is 29.6 Å². The standard InChI is InChI=1S/C19H18N2O6S/c22-16-8-9-17(23)21(16)27-18(24)15(11-14-7-4-10-28-14)20-19(25)26-12-13-5-2-1-3-6-13/h1-7,10,15H,8-9,11-12H2,(H,20,25). The first-order valence-electron chi connectivity index (χ1n) is 8.60. The maximum Gasteiger partial charge on any atom is 0.408 e. The molecule has 9 heteroatoms. The number of hydrogen-bond donors (Lipinski definition) is 1. The third-order valence-corrected chi connectivity index (χ3v) is 4.86. The second-order valence-electron chi connectivity index (χ2n) is 6.03. The Balaban J connectivity index is 1.62. The van der Waals surface area contributed by atoms with Crippen LogP contribution in [0.15, 0.2) is 47.8 Å². The van der Waals surface area contributed by atoms with Crippen LogP contribution in [-0.4, -0.2) is 35.0 Å². The summed E-state index contributed by atoms with van der Waals surface area (Å²) in [4.78, 5) is 53.7. The summed E-state index contributed by atoms with van der Waals surface area (Å²) in [5.41, 5.74) is 0.795. The van der Waals surface area contributed by atoms with Gasteiger partial charge in [-0.25, -0.2) is 9.59 Å². The zero-order valence-electron chi connectivity index (χ0n) is 14.8. The van der Waals surface area contributed by atoms with E-state index in [9.17, 15) is 19.2 Å². The molecule has 1 saturated heterocycles. The molecule has 0 aliphatic carbocycles. The quantitative estimate of drug-likeness (QED) is 0.713. The van der Waals surface area contributed by atoms with Gasteiger partial charge in [0.05, 0.1) is 0 Å². The molecule has 1 unspecified atom stereocenters. The summed E-state index contributed by atoms with van der Waals surface area (Å²) in [6.45, 7) is 0.0382. The Bertz CT molecular complexity index is 837. The lowest BCUT2D eigenvalue weighted by Gasteiger charge is -2.19. The topological polar surface area (TPSA) is 102 Å². The van der Waals surface area contributed by atoms with E-state index in [1.54, 1.807) is 18.2 Å². The van der Waals surface area contributed by atoms with Gasteiger partial charge in [0, 0.05) is 24.1 Å². The minimum Gasteiger partial charge on any atom is -0.445 e. The van der Waals surface area contributed by atoms with Crippen LogP contribution in [0.5, 0.6) is 0 Å². The molecule has 1 aromatic carbocycles. The molecule has 1 aromatic heterocycles. The Labute approximate surface area is 165 Å². The lowest BCUT2D eigenvalue weighted by atomic mass is 10.2. The summed E-state index contributed by atoms with van der Waals surface area (Å²) in [7, 11) is 0. The average Bonchev–Trinajstić information content (AvgIpc) is 3.32. The number of carbonyl (C=O) groups is 4. The largest absolute Gasteiger partial charge is 0.445 e. The van der Waals surface area contributed by atoms with Crippen LogP contribution in [-0.2, 0) is 37.0 Å². The fourth-order valence-corrected chi connectivity index (χ4v) is 3.29. The molecule has 0 bridgehead atoms. The zero-order valence-corrected chi connectivity index (χ0v) is 15.6. The number of ether oxygens (including phenoxy) is 1. The minimum atomic E-state index is -1.11. The van der Waals surface area contributed by atoms with E-state index in [1.165, 1.54) is 11.3 Å². The van der Waals surface area contributed by atoms with Crippen LogP contribution in [0.25, 0.3) is 0 Å². The van der Waals surface area contributed by atoms with Crippen LogP contribution < -0.4 is 5.32 Å². The molecule has 1 aliphatic rings. The molecule has 0 radical (unpaired) electrons. The third-order valence-electron chi connectivity index (χ3n) is 3.96. The Morgan fingerprint density at radius 3 is 2.43 bits per heavy atom. The van der Waals surface area contributed by atoms with Crippen molar-refractivity contribution in [3.63, 3.8) is 0 Å². The molecule has 2 heterocycles. The second kappa shape index (κ2) is 9.14. The summed E-state index contributed by atoms with van der Waals surface area (Å²) in [6.07, 6.45) is -0.670. The van der Waals surface area contributed by atoms with Crippen LogP contribution in [0.2, 0.25) is 0 Å². The maximum absolute atomic E-state index is 12.5. The summed E-state index contributed by atoms with van der Waals surface area (Å²) in [5.74, 6) is -2.08. The number of nitrogens with zero attached hydrogens (tertiary/aromatic N) is 1. The van der Waals surface area contributed by atoms with Gasteiger partial charge in [0.2, 0.25) is 0 Å². The van der Waals surface area contributed by atoms with Crippen LogP contribution >= 0.6 is 11.3 Å². The summed E-state index contributed by atoms with van der Waals surface area (Å²) < 4.78 is 5.14. The molecule has 8 nitrogen and oxygen atoms in total. The molecule has 146 valence electrons. The maximum atomic E-state index is 12.5. The number of hydroxylamine groups is 2. The normalized spacial score (nSPS) is 14.6. The second-order valence-corrected chi connectivity index (χ2v) is 7.07. The number of imide groups is 1. The fraction of sp³-hybridized carbons (Fsp3) is 0.263. The molecule has 1 atom stereocenters. The number of rotatable bonds is 7. The number of alkyl carbamates (subject to hydrolysis) is 1. The number of hydrogen-bond acceptors (Lipinski definition) is 7. The predicted octanol–water partition coefficient (Wildman–Crippen LogP) is 2.19. The van der Waals surface area contributed by atoms with Crippen molar-refractivity contribution >= 4 is 35.2 Å². The van der Waals surface area contributed by atoms with Gasteiger partial charge in [0.1, 0.15) is 12.6 Å². The van der Waals surface area contributed by atoms with E-state index in [0.717, 1.165) is 10.4 Å². The van der Waals surface area contributed by atoms with Crippen LogP contribution in [0.4, 0.5) is 4.79 Å². The van der Waals surface area contributed by atoms with Gasteiger partial charge in [-0.2, -0.15) is 0 Å². The van der Waals surface area contributed by atoms with Crippen molar-refractivity contribution in [2.75, 3.05) is 0 Å². The first-order chi connectivity index (χ1) is 13.5. The van der Waals surface area contributed by atoms with Gasteiger partial charge in [0.15, 0.2) is 0 Å². The third kappa shape index (κ3) is 5.17. The van der Waals surface area contributed by atoms with Gasteiger partial charge in [-0.15, -0.1) is 16.4 Å². The van der Waals surface area contributed by atoms with Gasteiger partial charge in [-0.3, -0.25) is 9.59 Å². The summed E-state index contributed by atoms with van der Waals surface area (Å²) in [5, 5.41) is 4.74.